The summed E-state index contributed by atoms with van der Waals surface area (Å²) in [6.07, 6.45) is 0. The molecule has 0 atom stereocenters. The Bertz CT molecular complexity index is 445. The Labute approximate surface area is 97.8 Å². The molecule has 3 nitrogen and oxygen atoms in total. The molecular formula is C11H10ClFN2O. The zero-order valence-electron chi connectivity index (χ0n) is 8.84. The molecule has 1 rings (SSSR count). The molecule has 16 heavy (non-hydrogen) atoms. The van der Waals surface area contributed by atoms with Crippen molar-refractivity contribution < 1.29 is 9.18 Å². The lowest BCUT2D eigenvalue weighted by molar-refractivity contribution is -0.121. The molecule has 1 aromatic carbocycles. The fourth-order valence-electron chi connectivity index (χ4n) is 0.964. The van der Waals surface area contributed by atoms with Crippen molar-refractivity contribution in [3.63, 3.8) is 0 Å². The van der Waals surface area contributed by atoms with Crippen LogP contribution < -0.4 is 5.32 Å². The summed E-state index contributed by atoms with van der Waals surface area (Å²) in [5.41, 5.74) is -0.933. The fourth-order valence-corrected chi connectivity index (χ4v) is 1.19. The lowest BCUT2D eigenvalue weighted by atomic mass is 9.94. The Morgan fingerprint density at radius 3 is 2.62 bits per heavy atom. The molecule has 0 aliphatic carbocycles. The number of hydrogen-bond acceptors (Lipinski definition) is 2. The van der Waals surface area contributed by atoms with Crippen molar-refractivity contribution in [3.8, 4) is 6.07 Å². The van der Waals surface area contributed by atoms with Gasteiger partial charge in [0.1, 0.15) is 11.2 Å². The van der Waals surface area contributed by atoms with E-state index in [1.165, 1.54) is 19.9 Å². The van der Waals surface area contributed by atoms with Crippen LogP contribution in [-0.4, -0.2) is 5.91 Å². The van der Waals surface area contributed by atoms with Crippen LogP contribution in [0, 0.1) is 22.6 Å². The maximum atomic E-state index is 13.0. The molecule has 1 amide bonds. The van der Waals surface area contributed by atoms with Crippen LogP contribution in [0.15, 0.2) is 18.2 Å². The Balaban J connectivity index is 2.90. The van der Waals surface area contributed by atoms with Gasteiger partial charge in [0.25, 0.3) is 0 Å². The number of nitriles is 1. The number of nitrogens with one attached hydrogen (secondary N) is 1. The number of anilines is 1. The molecule has 0 heterocycles. The number of amides is 1. The normalized spacial score (nSPS) is 10.7. The van der Waals surface area contributed by atoms with Crippen molar-refractivity contribution in [3.05, 3.63) is 29.0 Å². The number of nitrogens with zero attached hydrogens (tertiary/aromatic N) is 1. The quantitative estimate of drug-likeness (QED) is 0.864. The van der Waals surface area contributed by atoms with E-state index in [1.807, 2.05) is 6.07 Å². The largest absolute Gasteiger partial charge is 0.325 e. The van der Waals surface area contributed by atoms with Crippen LogP contribution in [-0.2, 0) is 4.79 Å². The van der Waals surface area contributed by atoms with Crippen LogP contribution in [0.5, 0.6) is 0 Å². The molecule has 0 unspecified atom stereocenters. The maximum Gasteiger partial charge on any atom is 0.244 e. The highest BCUT2D eigenvalue weighted by molar-refractivity contribution is 6.30. The lowest BCUT2D eigenvalue weighted by Gasteiger charge is -2.15. The Kier molecular flexibility index (Phi) is 3.51. The molecule has 0 spiro atoms. The minimum atomic E-state index is -1.17. The molecule has 0 radical (unpaired) electrons. The topological polar surface area (TPSA) is 52.9 Å². The summed E-state index contributed by atoms with van der Waals surface area (Å²) in [7, 11) is 0. The van der Waals surface area contributed by atoms with Crippen LogP contribution >= 0.6 is 11.6 Å². The minimum absolute atomic E-state index is 0.185. The number of carbonyl (C=O) groups is 1. The standard InChI is InChI=1S/C11H10ClFN2O/c1-11(2,6-14)10(16)15-9-4-7(12)3-8(13)5-9/h3-5H,1-2H3,(H,15,16). The van der Waals surface area contributed by atoms with Crippen LogP contribution in [0.4, 0.5) is 10.1 Å². The smallest absolute Gasteiger partial charge is 0.244 e. The highest BCUT2D eigenvalue weighted by Gasteiger charge is 2.27. The molecule has 0 saturated carbocycles. The van der Waals surface area contributed by atoms with Gasteiger partial charge in [-0.25, -0.2) is 4.39 Å². The third-order valence-corrected chi connectivity index (χ3v) is 2.19. The van der Waals surface area contributed by atoms with E-state index >= 15 is 0 Å². The first-order chi connectivity index (χ1) is 7.35. The summed E-state index contributed by atoms with van der Waals surface area (Å²) < 4.78 is 13.0. The van der Waals surface area contributed by atoms with Gasteiger partial charge >= 0.3 is 0 Å². The predicted molar refractivity (Wildman–Crippen MR) is 59.4 cm³/mol. The molecule has 1 aromatic rings. The van der Waals surface area contributed by atoms with E-state index in [4.69, 9.17) is 16.9 Å². The zero-order valence-corrected chi connectivity index (χ0v) is 9.60. The summed E-state index contributed by atoms with van der Waals surface area (Å²) in [6, 6.07) is 5.53. The molecule has 84 valence electrons. The van der Waals surface area contributed by atoms with Gasteiger partial charge in [-0.15, -0.1) is 0 Å². The van der Waals surface area contributed by atoms with E-state index in [-0.39, 0.29) is 10.7 Å². The monoisotopic (exact) mass is 240 g/mol. The van der Waals surface area contributed by atoms with Gasteiger partial charge in [-0.2, -0.15) is 5.26 Å². The Hall–Kier alpha value is -1.60. The van der Waals surface area contributed by atoms with Gasteiger partial charge in [0.05, 0.1) is 6.07 Å². The number of benzene rings is 1. The number of rotatable bonds is 2. The Morgan fingerprint density at radius 1 is 1.50 bits per heavy atom. The second-order valence-corrected chi connectivity index (χ2v) is 4.29. The van der Waals surface area contributed by atoms with Gasteiger partial charge in [0.2, 0.25) is 5.91 Å². The number of carbonyl (C=O) groups excluding carboxylic acids is 1. The SMILES string of the molecule is CC(C)(C#N)C(=O)Nc1cc(F)cc(Cl)c1. The summed E-state index contributed by atoms with van der Waals surface area (Å²) in [5, 5.41) is 11.4. The molecule has 0 fully saturated rings. The second-order valence-electron chi connectivity index (χ2n) is 3.85. The first-order valence-corrected chi connectivity index (χ1v) is 4.92. The van der Waals surface area contributed by atoms with Crippen molar-refractivity contribution in [1.82, 2.24) is 0 Å². The first kappa shape index (κ1) is 12.5. The van der Waals surface area contributed by atoms with E-state index in [2.05, 4.69) is 5.32 Å². The summed E-state index contributed by atoms with van der Waals surface area (Å²) in [6.45, 7) is 2.95. The van der Waals surface area contributed by atoms with Gasteiger partial charge in [0, 0.05) is 10.7 Å². The summed E-state index contributed by atoms with van der Waals surface area (Å²) >= 11 is 5.63. The number of hydrogen-bond donors (Lipinski definition) is 1. The third-order valence-electron chi connectivity index (χ3n) is 1.97. The van der Waals surface area contributed by atoms with E-state index < -0.39 is 17.1 Å². The van der Waals surface area contributed by atoms with Crippen molar-refractivity contribution in [2.24, 2.45) is 5.41 Å². The molecule has 0 aliphatic heterocycles. The van der Waals surface area contributed by atoms with Crippen LogP contribution in [0.25, 0.3) is 0 Å². The Morgan fingerprint density at radius 2 is 2.12 bits per heavy atom. The highest BCUT2D eigenvalue weighted by atomic mass is 35.5. The van der Waals surface area contributed by atoms with Crippen molar-refractivity contribution in [2.75, 3.05) is 5.32 Å². The van der Waals surface area contributed by atoms with Crippen molar-refractivity contribution in [2.45, 2.75) is 13.8 Å². The lowest BCUT2D eigenvalue weighted by Crippen LogP contribution is -2.29. The molecule has 0 aliphatic rings. The second kappa shape index (κ2) is 4.50. The van der Waals surface area contributed by atoms with E-state index in [1.54, 1.807) is 0 Å². The van der Waals surface area contributed by atoms with Gasteiger partial charge in [0.15, 0.2) is 0 Å². The summed E-state index contributed by atoms with van der Waals surface area (Å²) in [4.78, 5) is 11.6. The third kappa shape index (κ3) is 2.94. The maximum absolute atomic E-state index is 13.0. The van der Waals surface area contributed by atoms with E-state index in [0.29, 0.717) is 0 Å². The first-order valence-electron chi connectivity index (χ1n) is 4.54. The summed E-state index contributed by atoms with van der Waals surface area (Å²) in [5.74, 6) is -1.05. The molecule has 5 heteroatoms. The van der Waals surface area contributed by atoms with Crippen LogP contribution in [0.1, 0.15) is 13.8 Å². The molecular weight excluding hydrogens is 231 g/mol. The van der Waals surface area contributed by atoms with E-state index in [9.17, 15) is 9.18 Å². The molecule has 0 saturated heterocycles. The van der Waals surface area contributed by atoms with Gasteiger partial charge in [-0.3, -0.25) is 4.79 Å². The molecule has 0 aromatic heterocycles. The van der Waals surface area contributed by atoms with Gasteiger partial charge in [-0.1, -0.05) is 11.6 Å². The average Bonchev–Trinajstić information content (AvgIpc) is 2.15. The van der Waals surface area contributed by atoms with Crippen molar-refractivity contribution in [1.29, 1.82) is 5.26 Å². The van der Waals surface area contributed by atoms with Crippen molar-refractivity contribution >= 4 is 23.2 Å². The fraction of sp³-hybridized carbons (Fsp3) is 0.273. The molecule has 0 bridgehead atoms. The van der Waals surface area contributed by atoms with Crippen LogP contribution in [0.3, 0.4) is 0 Å². The zero-order chi connectivity index (χ0) is 12.3. The average molecular weight is 241 g/mol. The molecule has 1 N–H and O–H groups in total. The van der Waals surface area contributed by atoms with Gasteiger partial charge < -0.3 is 5.32 Å². The van der Waals surface area contributed by atoms with Crippen LogP contribution in [0.2, 0.25) is 5.02 Å². The number of halogens is 2. The van der Waals surface area contributed by atoms with Gasteiger partial charge in [-0.05, 0) is 32.0 Å². The highest BCUT2D eigenvalue weighted by Crippen LogP contribution is 2.21. The predicted octanol–water partition coefficient (Wildman–Crippen LogP) is 2.97. The minimum Gasteiger partial charge on any atom is -0.325 e. The van der Waals surface area contributed by atoms with E-state index in [0.717, 1.165) is 12.1 Å².